The topological polar surface area (TPSA) is 69.2 Å². The number of hydrogen-bond donors (Lipinski definition) is 1. The first-order chi connectivity index (χ1) is 12.5. The Morgan fingerprint density at radius 3 is 2.77 bits per heavy atom. The lowest BCUT2D eigenvalue weighted by atomic mass is 10.2. The summed E-state index contributed by atoms with van der Waals surface area (Å²) in [5, 5.41) is 4.59. The van der Waals surface area contributed by atoms with Gasteiger partial charge in [-0.15, -0.1) is 0 Å². The molecule has 0 spiro atoms. The summed E-state index contributed by atoms with van der Waals surface area (Å²) in [6, 6.07) is 10.6. The summed E-state index contributed by atoms with van der Waals surface area (Å²) < 4.78 is 16.3. The molecule has 0 aliphatic rings. The van der Waals surface area contributed by atoms with Crippen LogP contribution in [-0.2, 0) is 4.79 Å². The molecule has 0 saturated heterocycles. The lowest BCUT2D eigenvalue weighted by Crippen LogP contribution is -2.24. The minimum atomic E-state index is -0.380. The summed E-state index contributed by atoms with van der Waals surface area (Å²) in [6.45, 7) is 4.07. The molecule has 2 aromatic rings. The van der Waals surface area contributed by atoms with E-state index in [1.54, 1.807) is 31.4 Å². The van der Waals surface area contributed by atoms with E-state index in [0.717, 1.165) is 5.56 Å². The summed E-state index contributed by atoms with van der Waals surface area (Å²) in [5.41, 5.74) is 3.99. The molecular formula is C19H21ClN2O4. The molecule has 0 radical (unpaired) electrons. The third-order valence-electron chi connectivity index (χ3n) is 3.41. The van der Waals surface area contributed by atoms with E-state index in [9.17, 15) is 4.79 Å². The second kappa shape index (κ2) is 9.68. The van der Waals surface area contributed by atoms with E-state index in [2.05, 4.69) is 10.5 Å². The number of halogens is 1. The molecule has 26 heavy (non-hydrogen) atoms. The average Bonchev–Trinajstić information content (AvgIpc) is 2.64. The molecule has 0 aliphatic carbocycles. The molecule has 1 N–H and O–H groups in total. The van der Waals surface area contributed by atoms with E-state index in [4.69, 9.17) is 25.8 Å². The largest absolute Gasteiger partial charge is 0.493 e. The van der Waals surface area contributed by atoms with Gasteiger partial charge in [-0.25, -0.2) is 5.43 Å². The van der Waals surface area contributed by atoms with E-state index >= 15 is 0 Å². The quantitative estimate of drug-likeness (QED) is 0.564. The molecule has 0 unspecified atom stereocenters. The monoisotopic (exact) mass is 376 g/mol. The van der Waals surface area contributed by atoms with Crippen molar-refractivity contribution in [1.82, 2.24) is 5.43 Å². The third-order valence-corrected chi connectivity index (χ3v) is 3.83. The van der Waals surface area contributed by atoms with Crippen LogP contribution < -0.4 is 19.6 Å². The van der Waals surface area contributed by atoms with Gasteiger partial charge in [0, 0.05) is 10.6 Å². The predicted octanol–water partition coefficient (Wildman–Crippen LogP) is 3.58. The smallest absolute Gasteiger partial charge is 0.277 e. The first kappa shape index (κ1) is 19.6. The number of methoxy groups -OCH3 is 1. The van der Waals surface area contributed by atoms with E-state index < -0.39 is 0 Å². The molecule has 7 heteroatoms. The first-order valence-corrected chi connectivity index (χ1v) is 8.43. The van der Waals surface area contributed by atoms with Gasteiger partial charge in [-0.3, -0.25) is 4.79 Å². The van der Waals surface area contributed by atoms with Crippen LogP contribution in [0.2, 0.25) is 5.02 Å². The summed E-state index contributed by atoms with van der Waals surface area (Å²) >= 11 is 5.95. The third kappa shape index (κ3) is 5.39. The van der Waals surface area contributed by atoms with Crippen molar-refractivity contribution in [3.05, 3.63) is 52.5 Å². The maximum Gasteiger partial charge on any atom is 0.277 e. The van der Waals surface area contributed by atoms with E-state index in [1.807, 2.05) is 26.0 Å². The van der Waals surface area contributed by atoms with Gasteiger partial charge in [0.15, 0.2) is 18.1 Å². The normalized spacial score (nSPS) is 10.6. The van der Waals surface area contributed by atoms with Gasteiger partial charge >= 0.3 is 0 Å². The Bertz CT molecular complexity index is 793. The Kier molecular flexibility index (Phi) is 7.29. The SMILES string of the molecule is CCOc1c(/C=N/NC(=O)COc2ccc(Cl)c(C)c2)cccc1OC. The molecule has 0 aliphatic heterocycles. The number of hydrogen-bond acceptors (Lipinski definition) is 5. The van der Waals surface area contributed by atoms with Crippen LogP contribution in [0.5, 0.6) is 17.2 Å². The Hall–Kier alpha value is -2.73. The van der Waals surface area contributed by atoms with Gasteiger partial charge in [-0.1, -0.05) is 17.7 Å². The lowest BCUT2D eigenvalue weighted by molar-refractivity contribution is -0.123. The van der Waals surface area contributed by atoms with Gasteiger partial charge in [0.05, 0.1) is 19.9 Å². The van der Waals surface area contributed by atoms with E-state index in [0.29, 0.717) is 34.4 Å². The van der Waals surface area contributed by atoms with Crippen LogP contribution in [0.15, 0.2) is 41.5 Å². The van der Waals surface area contributed by atoms with Crippen LogP contribution in [-0.4, -0.2) is 32.4 Å². The van der Waals surface area contributed by atoms with Crippen LogP contribution in [0.3, 0.4) is 0 Å². The standard InChI is InChI=1S/C19H21ClN2O4/c1-4-25-19-14(6-5-7-17(19)24-3)11-21-22-18(23)12-26-15-8-9-16(20)13(2)10-15/h5-11H,4,12H2,1-3H3,(H,22,23)/b21-11+. The minimum Gasteiger partial charge on any atom is -0.493 e. The highest BCUT2D eigenvalue weighted by Crippen LogP contribution is 2.29. The number of amides is 1. The van der Waals surface area contributed by atoms with Gasteiger partial charge < -0.3 is 14.2 Å². The number of hydrazone groups is 1. The molecule has 0 bridgehead atoms. The lowest BCUT2D eigenvalue weighted by Gasteiger charge is -2.11. The van der Waals surface area contributed by atoms with Crippen molar-refractivity contribution in [1.29, 1.82) is 0 Å². The highest BCUT2D eigenvalue weighted by molar-refractivity contribution is 6.31. The Labute approximate surface area is 157 Å². The number of ether oxygens (including phenoxy) is 3. The highest BCUT2D eigenvalue weighted by atomic mass is 35.5. The molecule has 0 fully saturated rings. The molecule has 0 saturated carbocycles. The number of para-hydroxylation sites is 1. The van der Waals surface area contributed by atoms with Crippen molar-refractivity contribution in [3.8, 4) is 17.2 Å². The first-order valence-electron chi connectivity index (χ1n) is 8.05. The second-order valence-corrected chi connectivity index (χ2v) is 5.71. The molecule has 0 aromatic heterocycles. The molecule has 0 atom stereocenters. The second-order valence-electron chi connectivity index (χ2n) is 5.30. The van der Waals surface area contributed by atoms with E-state index in [1.165, 1.54) is 6.21 Å². The predicted molar refractivity (Wildman–Crippen MR) is 102 cm³/mol. The zero-order valence-corrected chi connectivity index (χ0v) is 15.7. The highest BCUT2D eigenvalue weighted by Gasteiger charge is 2.09. The number of benzene rings is 2. The minimum absolute atomic E-state index is 0.158. The summed E-state index contributed by atoms with van der Waals surface area (Å²) in [7, 11) is 1.57. The van der Waals surface area contributed by atoms with Crippen molar-refractivity contribution >= 4 is 23.7 Å². The van der Waals surface area contributed by atoms with Crippen LogP contribution in [0.4, 0.5) is 0 Å². The summed E-state index contributed by atoms with van der Waals surface area (Å²) in [5.74, 6) is 1.36. The van der Waals surface area contributed by atoms with E-state index in [-0.39, 0.29) is 12.5 Å². The van der Waals surface area contributed by atoms with Gasteiger partial charge in [0.1, 0.15) is 5.75 Å². The zero-order valence-electron chi connectivity index (χ0n) is 14.9. The fourth-order valence-corrected chi connectivity index (χ4v) is 2.27. The molecule has 1 amide bonds. The number of rotatable bonds is 8. The van der Waals surface area contributed by atoms with Crippen LogP contribution in [0.1, 0.15) is 18.1 Å². The molecule has 6 nitrogen and oxygen atoms in total. The van der Waals surface area contributed by atoms with Crippen molar-refractivity contribution < 1.29 is 19.0 Å². The van der Waals surface area contributed by atoms with Crippen molar-refractivity contribution in [2.75, 3.05) is 20.3 Å². The van der Waals surface area contributed by atoms with Crippen LogP contribution >= 0.6 is 11.6 Å². The van der Waals surface area contributed by atoms with Crippen LogP contribution in [0, 0.1) is 6.92 Å². The van der Waals surface area contributed by atoms with Gasteiger partial charge in [0.2, 0.25) is 0 Å². The van der Waals surface area contributed by atoms with Crippen molar-refractivity contribution in [3.63, 3.8) is 0 Å². The number of carbonyl (C=O) groups is 1. The van der Waals surface area contributed by atoms with Crippen molar-refractivity contribution in [2.24, 2.45) is 5.10 Å². The van der Waals surface area contributed by atoms with Gasteiger partial charge in [-0.05, 0) is 49.7 Å². The zero-order chi connectivity index (χ0) is 18.9. The number of carbonyl (C=O) groups excluding carboxylic acids is 1. The number of nitrogens with one attached hydrogen (secondary N) is 1. The maximum atomic E-state index is 11.9. The molecule has 2 rings (SSSR count). The van der Waals surface area contributed by atoms with Gasteiger partial charge in [-0.2, -0.15) is 5.10 Å². The maximum absolute atomic E-state index is 11.9. The molecule has 0 heterocycles. The average molecular weight is 377 g/mol. The summed E-state index contributed by atoms with van der Waals surface area (Å²) in [6.07, 6.45) is 1.50. The Balaban J connectivity index is 1.93. The summed E-state index contributed by atoms with van der Waals surface area (Å²) in [4.78, 5) is 11.9. The molecule has 2 aromatic carbocycles. The number of nitrogens with zero attached hydrogens (tertiary/aromatic N) is 1. The Morgan fingerprint density at radius 1 is 1.27 bits per heavy atom. The van der Waals surface area contributed by atoms with Crippen molar-refractivity contribution in [2.45, 2.75) is 13.8 Å². The van der Waals surface area contributed by atoms with Gasteiger partial charge in [0.25, 0.3) is 5.91 Å². The molecule has 138 valence electrons. The fourth-order valence-electron chi connectivity index (χ4n) is 2.16. The molecular weight excluding hydrogens is 356 g/mol. The fraction of sp³-hybridized carbons (Fsp3) is 0.263. The Morgan fingerprint density at radius 2 is 2.08 bits per heavy atom. The number of aryl methyl sites for hydroxylation is 1. The van der Waals surface area contributed by atoms with Crippen LogP contribution in [0.25, 0.3) is 0 Å².